The summed E-state index contributed by atoms with van der Waals surface area (Å²) in [6.45, 7) is 0. The van der Waals surface area contributed by atoms with Gasteiger partial charge < -0.3 is 4.74 Å². The molecular weight excluding hydrogens is 328 g/mol. The van der Waals surface area contributed by atoms with Crippen molar-refractivity contribution < 1.29 is 9.53 Å². The van der Waals surface area contributed by atoms with Gasteiger partial charge in [0, 0.05) is 9.58 Å². The summed E-state index contributed by atoms with van der Waals surface area (Å²) in [5.74, 6) is 1.02. The van der Waals surface area contributed by atoms with Crippen LogP contribution in [0.5, 0.6) is 5.75 Å². The van der Waals surface area contributed by atoms with E-state index in [9.17, 15) is 4.79 Å². The molecule has 0 atom stereocenters. The number of hydrogen-bond acceptors (Lipinski definition) is 3. The maximum atomic E-state index is 12.2. The minimum atomic E-state index is -0.305. The molecule has 0 amide bonds. The van der Waals surface area contributed by atoms with E-state index in [-0.39, 0.29) is 5.97 Å². The van der Waals surface area contributed by atoms with Crippen molar-refractivity contribution in [3.63, 3.8) is 0 Å². The van der Waals surface area contributed by atoms with E-state index < -0.39 is 0 Å². The highest BCUT2D eigenvalue weighted by Gasteiger charge is 2.17. The van der Waals surface area contributed by atoms with E-state index in [2.05, 4.69) is 12.1 Å². The van der Waals surface area contributed by atoms with Crippen LogP contribution < -0.4 is 4.74 Å². The Balaban J connectivity index is 1.54. The molecule has 1 heterocycles. The first kappa shape index (κ1) is 16.3. The van der Waals surface area contributed by atoms with Crippen LogP contribution in [0.4, 0.5) is 0 Å². The Labute approximate surface area is 152 Å². The number of carbonyl (C=O) groups excluding carboxylic acids is 1. The summed E-state index contributed by atoms with van der Waals surface area (Å²) >= 11 is 1.86. The molecule has 0 bridgehead atoms. The molecule has 1 fully saturated rings. The lowest BCUT2D eigenvalue weighted by molar-refractivity contribution is 0.0735. The van der Waals surface area contributed by atoms with Gasteiger partial charge in [0.05, 0.1) is 5.56 Å². The zero-order valence-corrected chi connectivity index (χ0v) is 15.1. The van der Waals surface area contributed by atoms with Gasteiger partial charge in [-0.1, -0.05) is 43.9 Å². The Hall–Kier alpha value is -2.13. The fourth-order valence-electron chi connectivity index (χ4n) is 3.60. The Kier molecular flexibility index (Phi) is 4.84. The number of benzene rings is 2. The van der Waals surface area contributed by atoms with Crippen molar-refractivity contribution in [2.24, 2.45) is 0 Å². The number of ether oxygens (including phenoxy) is 1. The van der Waals surface area contributed by atoms with Crippen molar-refractivity contribution in [3.05, 3.63) is 65.0 Å². The van der Waals surface area contributed by atoms with Crippen LogP contribution in [-0.2, 0) is 0 Å². The quantitative estimate of drug-likeness (QED) is 0.304. The van der Waals surface area contributed by atoms with E-state index in [4.69, 9.17) is 4.74 Å². The Bertz CT molecular complexity index is 858. The fraction of sp³-hybridized carbons (Fsp3) is 0.318. The molecule has 3 aromatic rings. The van der Waals surface area contributed by atoms with Crippen molar-refractivity contribution >= 4 is 27.4 Å². The topological polar surface area (TPSA) is 26.3 Å². The largest absolute Gasteiger partial charge is 0.423 e. The molecule has 1 aliphatic rings. The van der Waals surface area contributed by atoms with E-state index in [1.807, 2.05) is 41.7 Å². The van der Waals surface area contributed by atoms with Crippen LogP contribution in [0.15, 0.2) is 54.6 Å². The maximum Gasteiger partial charge on any atom is 0.343 e. The molecule has 0 spiro atoms. The smallest absolute Gasteiger partial charge is 0.343 e. The highest BCUT2D eigenvalue weighted by Crippen LogP contribution is 2.39. The molecule has 0 N–H and O–H groups in total. The summed E-state index contributed by atoms with van der Waals surface area (Å²) in [5.41, 5.74) is 0.577. The summed E-state index contributed by atoms with van der Waals surface area (Å²) in [4.78, 5) is 13.7. The third-order valence-electron chi connectivity index (χ3n) is 4.99. The monoisotopic (exact) mass is 350 g/mol. The lowest BCUT2D eigenvalue weighted by Crippen LogP contribution is -2.07. The molecule has 1 aliphatic carbocycles. The van der Waals surface area contributed by atoms with Gasteiger partial charge in [-0.25, -0.2) is 4.79 Å². The minimum absolute atomic E-state index is 0.305. The Morgan fingerprint density at radius 1 is 0.920 bits per heavy atom. The van der Waals surface area contributed by atoms with Crippen LogP contribution in [0.3, 0.4) is 0 Å². The Morgan fingerprint density at radius 3 is 2.44 bits per heavy atom. The standard InChI is InChI=1S/C22H22O2S/c23-22(17-10-6-3-7-11-17)24-19-13-12-18-14-20(25-21(18)15-19)16-8-4-1-2-5-9-16/h3,6-7,10-16H,1-2,4-5,8-9H2. The summed E-state index contributed by atoms with van der Waals surface area (Å²) < 4.78 is 6.76. The van der Waals surface area contributed by atoms with E-state index in [1.54, 1.807) is 12.1 Å². The van der Waals surface area contributed by atoms with E-state index in [0.29, 0.717) is 17.2 Å². The maximum absolute atomic E-state index is 12.2. The van der Waals surface area contributed by atoms with Gasteiger partial charge in [0.25, 0.3) is 0 Å². The van der Waals surface area contributed by atoms with Crippen molar-refractivity contribution in [3.8, 4) is 5.75 Å². The van der Waals surface area contributed by atoms with Gasteiger partial charge in [0.2, 0.25) is 0 Å². The average Bonchev–Trinajstić information content (AvgIpc) is 2.87. The fourth-order valence-corrected chi connectivity index (χ4v) is 4.86. The number of hydrogen-bond donors (Lipinski definition) is 0. The van der Waals surface area contributed by atoms with Crippen molar-refractivity contribution in [2.75, 3.05) is 0 Å². The second-order valence-electron chi connectivity index (χ2n) is 6.79. The highest BCUT2D eigenvalue weighted by molar-refractivity contribution is 7.19. The minimum Gasteiger partial charge on any atom is -0.423 e. The SMILES string of the molecule is O=C(Oc1ccc2cc(C3CCCCCC3)sc2c1)c1ccccc1. The Morgan fingerprint density at radius 2 is 1.68 bits per heavy atom. The van der Waals surface area contributed by atoms with E-state index in [0.717, 1.165) is 0 Å². The zero-order valence-electron chi connectivity index (χ0n) is 14.2. The van der Waals surface area contributed by atoms with Crippen LogP contribution in [-0.4, -0.2) is 5.97 Å². The highest BCUT2D eigenvalue weighted by atomic mass is 32.1. The first-order valence-corrected chi connectivity index (χ1v) is 9.92. The van der Waals surface area contributed by atoms with Crippen LogP contribution in [0.25, 0.3) is 10.1 Å². The third kappa shape index (κ3) is 3.77. The molecule has 0 unspecified atom stereocenters. The average molecular weight is 350 g/mol. The molecule has 25 heavy (non-hydrogen) atoms. The lowest BCUT2D eigenvalue weighted by Gasteiger charge is -2.10. The van der Waals surface area contributed by atoms with Crippen LogP contribution in [0.2, 0.25) is 0 Å². The molecule has 3 heteroatoms. The van der Waals surface area contributed by atoms with Gasteiger partial charge in [0.15, 0.2) is 0 Å². The molecule has 0 saturated heterocycles. The molecule has 128 valence electrons. The van der Waals surface area contributed by atoms with Gasteiger partial charge in [-0.3, -0.25) is 0 Å². The van der Waals surface area contributed by atoms with Crippen LogP contribution in [0, 0.1) is 0 Å². The number of fused-ring (bicyclic) bond motifs is 1. The molecular formula is C22H22O2S. The predicted octanol–water partition coefficient (Wildman–Crippen LogP) is 6.56. The molecule has 2 aromatic carbocycles. The number of thiophene rings is 1. The van der Waals surface area contributed by atoms with Gasteiger partial charge in [-0.15, -0.1) is 11.3 Å². The first-order valence-electron chi connectivity index (χ1n) is 9.10. The molecule has 2 nitrogen and oxygen atoms in total. The second-order valence-corrected chi connectivity index (χ2v) is 7.91. The predicted molar refractivity (Wildman–Crippen MR) is 104 cm³/mol. The van der Waals surface area contributed by atoms with E-state index >= 15 is 0 Å². The zero-order chi connectivity index (χ0) is 17.1. The summed E-state index contributed by atoms with van der Waals surface area (Å²) in [6, 6.07) is 17.4. The molecule has 1 saturated carbocycles. The normalized spacial score (nSPS) is 15.8. The van der Waals surface area contributed by atoms with Crippen LogP contribution in [0.1, 0.15) is 59.7 Å². The third-order valence-corrected chi connectivity index (χ3v) is 6.25. The van der Waals surface area contributed by atoms with Crippen molar-refractivity contribution in [1.82, 2.24) is 0 Å². The molecule has 1 aromatic heterocycles. The van der Waals surface area contributed by atoms with Gasteiger partial charge in [0.1, 0.15) is 5.75 Å². The number of carbonyl (C=O) groups is 1. The molecule has 4 rings (SSSR count). The van der Waals surface area contributed by atoms with Gasteiger partial charge >= 0.3 is 5.97 Å². The van der Waals surface area contributed by atoms with Gasteiger partial charge in [-0.2, -0.15) is 0 Å². The number of rotatable bonds is 3. The number of esters is 1. The summed E-state index contributed by atoms with van der Waals surface area (Å²) in [5, 5.41) is 1.25. The molecule has 0 radical (unpaired) electrons. The molecule has 0 aliphatic heterocycles. The van der Waals surface area contributed by atoms with Crippen molar-refractivity contribution in [2.45, 2.75) is 44.4 Å². The van der Waals surface area contributed by atoms with Gasteiger partial charge in [-0.05, 0) is 60.5 Å². The second kappa shape index (κ2) is 7.40. The summed E-state index contributed by atoms with van der Waals surface area (Å²) in [6.07, 6.45) is 8.06. The van der Waals surface area contributed by atoms with Crippen LogP contribution >= 0.6 is 11.3 Å². The lowest BCUT2D eigenvalue weighted by atomic mass is 9.98. The van der Waals surface area contributed by atoms with E-state index in [1.165, 1.54) is 53.5 Å². The van der Waals surface area contributed by atoms with Crippen molar-refractivity contribution in [1.29, 1.82) is 0 Å². The first-order chi connectivity index (χ1) is 12.3. The summed E-state index contributed by atoms with van der Waals surface area (Å²) in [7, 11) is 0.